The number of hydrogen-bond donors (Lipinski definition) is 2. The number of rotatable bonds is 1. The van der Waals surface area contributed by atoms with Crippen LogP contribution >= 0.6 is 0 Å². The number of hydrogen-bond acceptors (Lipinski definition) is 4. The average Bonchev–Trinajstić information content (AvgIpc) is 1.96. The highest BCUT2D eigenvalue weighted by Crippen LogP contribution is 2.29. The van der Waals surface area contributed by atoms with E-state index in [2.05, 4.69) is 0 Å². The highest BCUT2D eigenvalue weighted by atomic mass is 19.1. The van der Waals surface area contributed by atoms with Crippen molar-refractivity contribution in [2.24, 2.45) is 0 Å². The Kier molecular flexibility index (Phi) is 1.82. The van der Waals surface area contributed by atoms with E-state index >= 15 is 0 Å². The number of benzene rings is 1. The van der Waals surface area contributed by atoms with Crippen LogP contribution in [0.1, 0.15) is 0 Å². The molecule has 3 N–H and O–H groups in total. The summed E-state index contributed by atoms with van der Waals surface area (Å²) in [6.07, 6.45) is 0. The van der Waals surface area contributed by atoms with Crippen molar-refractivity contribution in [1.82, 2.24) is 0 Å². The molecule has 0 unspecified atom stereocenters. The maximum atomic E-state index is 12.5. The van der Waals surface area contributed by atoms with Crippen molar-refractivity contribution in [2.75, 3.05) is 5.73 Å². The quantitative estimate of drug-likeness (QED) is 0.286. The first-order valence-electron chi connectivity index (χ1n) is 2.94. The molecule has 0 atom stereocenters. The summed E-state index contributed by atoms with van der Waals surface area (Å²) < 4.78 is 12.5. The van der Waals surface area contributed by atoms with Gasteiger partial charge >= 0.3 is 5.69 Å². The fourth-order valence-electron chi connectivity index (χ4n) is 0.714. The van der Waals surface area contributed by atoms with E-state index in [-0.39, 0.29) is 5.69 Å². The Morgan fingerprint density at radius 2 is 2.17 bits per heavy atom. The summed E-state index contributed by atoms with van der Waals surface area (Å²) in [5.41, 5.74) is 4.07. The number of nitro benzene ring substituents is 1. The van der Waals surface area contributed by atoms with E-state index in [1.807, 2.05) is 0 Å². The van der Waals surface area contributed by atoms with E-state index in [9.17, 15) is 14.5 Å². The SMILES string of the molecule is Nc1cc([N+](=O)[O-])c(O)cc1F. The van der Waals surface area contributed by atoms with Crippen molar-refractivity contribution in [2.45, 2.75) is 0 Å². The van der Waals surface area contributed by atoms with Gasteiger partial charge in [0.1, 0.15) is 5.82 Å². The van der Waals surface area contributed by atoms with E-state index in [1.165, 1.54) is 0 Å². The highest BCUT2D eigenvalue weighted by Gasteiger charge is 2.15. The lowest BCUT2D eigenvalue weighted by Crippen LogP contribution is -1.94. The highest BCUT2D eigenvalue weighted by molar-refractivity contribution is 5.56. The summed E-state index contributed by atoms with van der Waals surface area (Å²) in [6, 6.07) is 1.37. The number of phenolic OH excluding ortho intramolecular Hbond substituents is 1. The summed E-state index contributed by atoms with van der Waals surface area (Å²) in [5.74, 6) is -1.61. The molecule has 0 fully saturated rings. The number of halogens is 1. The monoisotopic (exact) mass is 172 g/mol. The number of aromatic hydroxyl groups is 1. The first kappa shape index (κ1) is 8.25. The molecule has 0 aliphatic rings. The molecule has 0 saturated heterocycles. The van der Waals surface area contributed by atoms with Crippen LogP contribution in [0.25, 0.3) is 0 Å². The van der Waals surface area contributed by atoms with Gasteiger partial charge in [-0.25, -0.2) is 4.39 Å². The van der Waals surface area contributed by atoms with E-state index in [0.29, 0.717) is 6.07 Å². The second kappa shape index (κ2) is 2.65. The van der Waals surface area contributed by atoms with Crippen LogP contribution < -0.4 is 5.73 Å². The second-order valence-corrected chi connectivity index (χ2v) is 2.12. The van der Waals surface area contributed by atoms with Gasteiger partial charge in [0.25, 0.3) is 0 Å². The van der Waals surface area contributed by atoms with Crippen LogP contribution in [0, 0.1) is 15.9 Å². The van der Waals surface area contributed by atoms with E-state index in [4.69, 9.17) is 10.8 Å². The van der Waals surface area contributed by atoms with Crippen molar-refractivity contribution in [1.29, 1.82) is 0 Å². The Labute approximate surface area is 66.4 Å². The minimum Gasteiger partial charge on any atom is -0.502 e. The summed E-state index contributed by atoms with van der Waals surface area (Å²) in [7, 11) is 0. The van der Waals surface area contributed by atoms with Gasteiger partial charge in [0.15, 0.2) is 5.75 Å². The molecule has 0 aromatic heterocycles. The van der Waals surface area contributed by atoms with E-state index in [1.54, 1.807) is 0 Å². The zero-order valence-corrected chi connectivity index (χ0v) is 5.82. The van der Waals surface area contributed by atoms with Gasteiger partial charge in [0, 0.05) is 12.1 Å². The molecule has 64 valence electrons. The maximum absolute atomic E-state index is 12.5. The standard InChI is InChI=1S/C6H5FN2O3/c7-3-1-6(10)5(9(11)12)2-4(3)8/h1-2,10H,8H2. The van der Waals surface area contributed by atoms with Crippen LogP contribution in [0.2, 0.25) is 0 Å². The predicted octanol–water partition coefficient (Wildman–Crippen LogP) is 1.02. The van der Waals surface area contributed by atoms with E-state index in [0.717, 1.165) is 6.07 Å². The lowest BCUT2D eigenvalue weighted by molar-refractivity contribution is -0.385. The van der Waals surface area contributed by atoms with Gasteiger partial charge in [0.2, 0.25) is 0 Å². The number of anilines is 1. The maximum Gasteiger partial charge on any atom is 0.312 e. The largest absolute Gasteiger partial charge is 0.502 e. The number of nitrogens with two attached hydrogens (primary N) is 1. The summed E-state index contributed by atoms with van der Waals surface area (Å²) in [5, 5.41) is 19.0. The van der Waals surface area contributed by atoms with Gasteiger partial charge in [-0.15, -0.1) is 0 Å². The van der Waals surface area contributed by atoms with Crippen molar-refractivity contribution in [3.05, 3.63) is 28.1 Å². The summed E-state index contributed by atoms with van der Waals surface area (Å²) >= 11 is 0. The molecule has 0 aliphatic heterocycles. The Morgan fingerprint density at radius 1 is 1.58 bits per heavy atom. The fourth-order valence-corrected chi connectivity index (χ4v) is 0.714. The van der Waals surface area contributed by atoms with Gasteiger partial charge < -0.3 is 10.8 Å². The van der Waals surface area contributed by atoms with Crippen molar-refractivity contribution in [3.63, 3.8) is 0 Å². The fraction of sp³-hybridized carbons (Fsp3) is 0. The summed E-state index contributed by atoms with van der Waals surface area (Å²) in [6.45, 7) is 0. The molecular formula is C6H5FN2O3. The number of nitrogens with zero attached hydrogens (tertiary/aromatic N) is 1. The third kappa shape index (κ3) is 1.26. The molecule has 1 aromatic carbocycles. The molecule has 12 heavy (non-hydrogen) atoms. The molecule has 0 amide bonds. The van der Waals surface area contributed by atoms with Crippen molar-refractivity contribution >= 4 is 11.4 Å². The molecule has 0 spiro atoms. The number of nitrogen functional groups attached to an aromatic ring is 1. The third-order valence-electron chi connectivity index (χ3n) is 1.29. The first-order valence-corrected chi connectivity index (χ1v) is 2.94. The van der Waals surface area contributed by atoms with Gasteiger partial charge in [-0.05, 0) is 0 Å². The average molecular weight is 172 g/mol. The molecule has 6 heteroatoms. The topological polar surface area (TPSA) is 89.4 Å². The molecule has 0 heterocycles. The molecular weight excluding hydrogens is 167 g/mol. The predicted molar refractivity (Wildman–Crippen MR) is 39.1 cm³/mol. The van der Waals surface area contributed by atoms with Gasteiger partial charge in [-0.1, -0.05) is 0 Å². The Bertz CT molecular complexity index is 340. The molecule has 1 aromatic rings. The minimum absolute atomic E-state index is 0.362. The lowest BCUT2D eigenvalue weighted by Gasteiger charge is -1.98. The Balaban J connectivity index is 3.33. The van der Waals surface area contributed by atoms with Gasteiger partial charge in [-0.2, -0.15) is 0 Å². The molecule has 0 saturated carbocycles. The van der Waals surface area contributed by atoms with Crippen molar-refractivity contribution < 1.29 is 14.4 Å². The molecule has 5 nitrogen and oxygen atoms in total. The van der Waals surface area contributed by atoms with Crippen LogP contribution in [-0.2, 0) is 0 Å². The second-order valence-electron chi connectivity index (χ2n) is 2.12. The Hall–Kier alpha value is -1.85. The number of phenols is 1. The smallest absolute Gasteiger partial charge is 0.312 e. The number of nitro groups is 1. The zero-order chi connectivity index (χ0) is 9.30. The molecule has 1 rings (SSSR count). The van der Waals surface area contributed by atoms with Gasteiger partial charge in [0.05, 0.1) is 10.6 Å². The van der Waals surface area contributed by atoms with Crippen LogP contribution in [0.4, 0.5) is 15.8 Å². The Morgan fingerprint density at radius 3 is 2.67 bits per heavy atom. The molecule has 0 radical (unpaired) electrons. The third-order valence-corrected chi connectivity index (χ3v) is 1.29. The zero-order valence-electron chi connectivity index (χ0n) is 5.82. The lowest BCUT2D eigenvalue weighted by atomic mass is 10.2. The van der Waals surface area contributed by atoms with E-state index < -0.39 is 22.2 Å². The van der Waals surface area contributed by atoms with Crippen LogP contribution in [0.5, 0.6) is 5.75 Å². The normalized spacial score (nSPS) is 9.75. The van der Waals surface area contributed by atoms with Crippen LogP contribution in [0.15, 0.2) is 12.1 Å². The van der Waals surface area contributed by atoms with Crippen LogP contribution in [0.3, 0.4) is 0 Å². The molecule has 0 aliphatic carbocycles. The van der Waals surface area contributed by atoms with Crippen LogP contribution in [-0.4, -0.2) is 10.0 Å². The van der Waals surface area contributed by atoms with Gasteiger partial charge in [-0.3, -0.25) is 10.1 Å². The minimum atomic E-state index is -0.877. The first-order chi connectivity index (χ1) is 5.52. The summed E-state index contributed by atoms with van der Waals surface area (Å²) in [4.78, 5) is 9.31. The molecule has 0 bridgehead atoms. The van der Waals surface area contributed by atoms with Crippen molar-refractivity contribution in [3.8, 4) is 5.75 Å².